The predicted molar refractivity (Wildman–Crippen MR) is 134 cm³/mol. The largest absolute Gasteiger partial charge is 0.476 e. The average molecular weight is 498 g/mol. The fourth-order valence-corrected chi connectivity index (χ4v) is 4.11. The van der Waals surface area contributed by atoms with Gasteiger partial charge in [0.15, 0.2) is 0 Å². The van der Waals surface area contributed by atoms with Gasteiger partial charge in [-0.3, -0.25) is 14.9 Å². The minimum Gasteiger partial charge on any atom is -0.476 e. The van der Waals surface area contributed by atoms with Gasteiger partial charge < -0.3 is 24.8 Å². The monoisotopic (exact) mass is 497 g/mol. The number of rotatable bonds is 7. The maximum Gasteiger partial charge on any atom is 0.321 e. The quantitative estimate of drug-likeness (QED) is 0.554. The Balaban J connectivity index is 1.46. The Morgan fingerprint density at radius 1 is 1.17 bits per heavy atom. The SMILES string of the molecule is CN(C)CCOc1cc(/C=C2/SC(=O)NC2=O)nc(N2CCN(C(=O)Nc3ccccc3)CC2)n1. The van der Waals surface area contributed by atoms with Gasteiger partial charge >= 0.3 is 6.03 Å². The topological polar surface area (TPSA) is 120 Å². The molecule has 0 spiro atoms. The number of piperazine rings is 1. The van der Waals surface area contributed by atoms with Crippen LogP contribution in [0.15, 0.2) is 41.3 Å². The molecular weight excluding hydrogens is 470 g/mol. The Bertz CT molecular complexity index is 1120. The van der Waals surface area contributed by atoms with Gasteiger partial charge in [0.1, 0.15) is 6.61 Å². The standard InChI is InChI=1S/C23H27N7O4S/c1-28(2)12-13-34-19-15-17(14-18-20(31)27-23(33)35-18)24-21(26-19)29-8-10-30(11-9-29)22(32)25-16-6-4-3-5-7-16/h3-7,14-15H,8-13H2,1-2H3,(H,25,32)(H,27,31,33)/b18-14+. The van der Waals surface area contributed by atoms with Crippen molar-refractivity contribution in [3.63, 3.8) is 0 Å². The summed E-state index contributed by atoms with van der Waals surface area (Å²) in [5, 5.41) is 4.73. The fraction of sp³-hybridized carbons (Fsp3) is 0.348. The Morgan fingerprint density at radius 3 is 2.57 bits per heavy atom. The molecule has 11 nitrogen and oxygen atoms in total. The molecule has 3 heterocycles. The molecule has 2 fully saturated rings. The molecule has 184 valence electrons. The summed E-state index contributed by atoms with van der Waals surface area (Å²) in [6, 6.07) is 10.8. The van der Waals surface area contributed by atoms with Crippen LogP contribution in [0.2, 0.25) is 0 Å². The lowest BCUT2D eigenvalue weighted by Crippen LogP contribution is -2.50. The zero-order valence-corrected chi connectivity index (χ0v) is 20.4. The molecule has 0 atom stereocenters. The summed E-state index contributed by atoms with van der Waals surface area (Å²) in [5.74, 6) is 0.369. The number of hydrogen-bond acceptors (Lipinski definition) is 9. The van der Waals surface area contributed by atoms with Crippen molar-refractivity contribution in [3.05, 3.63) is 47.0 Å². The van der Waals surface area contributed by atoms with Crippen LogP contribution in [-0.2, 0) is 4.79 Å². The molecule has 0 radical (unpaired) electrons. The minimum absolute atomic E-state index is 0.156. The molecule has 0 bridgehead atoms. The Morgan fingerprint density at radius 2 is 1.91 bits per heavy atom. The van der Waals surface area contributed by atoms with Crippen molar-refractivity contribution in [2.75, 3.05) is 63.6 Å². The third-order valence-electron chi connectivity index (χ3n) is 5.29. The number of aromatic nitrogens is 2. The second-order valence-corrected chi connectivity index (χ2v) is 9.22. The lowest BCUT2D eigenvalue weighted by atomic mass is 10.3. The summed E-state index contributed by atoms with van der Waals surface area (Å²) in [7, 11) is 3.90. The molecule has 2 N–H and O–H groups in total. The summed E-state index contributed by atoms with van der Waals surface area (Å²) >= 11 is 0.831. The molecule has 1 aromatic heterocycles. The molecule has 4 amide bonds. The number of carbonyl (C=O) groups is 3. The van der Waals surface area contributed by atoms with Gasteiger partial charge in [-0.2, -0.15) is 4.98 Å². The van der Waals surface area contributed by atoms with E-state index in [1.165, 1.54) is 0 Å². The highest BCUT2D eigenvalue weighted by Gasteiger charge is 2.26. The molecule has 2 aliphatic rings. The minimum atomic E-state index is -0.451. The van der Waals surface area contributed by atoms with Gasteiger partial charge in [0.2, 0.25) is 11.8 Å². The fourth-order valence-electron chi connectivity index (χ4n) is 3.44. The van der Waals surface area contributed by atoms with Crippen molar-refractivity contribution in [3.8, 4) is 5.88 Å². The number of ether oxygens (including phenoxy) is 1. The number of thioether (sulfide) groups is 1. The van der Waals surface area contributed by atoms with Gasteiger partial charge in [-0.25, -0.2) is 9.78 Å². The number of nitrogens with one attached hydrogen (secondary N) is 2. The smallest absolute Gasteiger partial charge is 0.321 e. The number of hydrogen-bond donors (Lipinski definition) is 2. The molecule has 2 aromatic rings. The molecule has 35 heavy (non-hydrogen) atoms. The molecule has 0 saturated carbocycles. The maximum atomic E-state index is 12.6. The zero-order chi connectivity index (χ0) is 24.8. The van der Waals surface area contributed by atoms with Crippen molar-refractivity contribution in [2.24, 2.45) is 0 Å². The van der Waals surface area contributed by atoms with E-state index in [4.69, 9.17) is 4.74 Å². The highest BCUT2D eigenvalue weighted by Crippen LogP contribution is 2.27. The lowest BCUT2D eigenvalue weighted by molar-refractivity contribution is -0.115. The number of nitrogens with zero attached hydrogens (tertiary/aromatic N) is 5. The highest BCUT2D eigenvalue weighted by atomic mass is 32.2. The van der Waals surface area contributed by atoms with Crippen LogP contribution in [0.1, 0.15) is 5.69 Å². The van der Waals surface area contributed by atoms with E-state index in [2.05, 4.69) is 20.6 Å². The van der Waals surface area contributed by atoms with Gasteiger partial charge in [-0.1, -0.05) is 18.2 Å². The second-order valence-electron chi connectivity index (χ2n) is 8.21. The number of benzene rings is 1. The highest BCUT2D eigenvalue weighted by molar-refractivity contribution is 8.18. The summed E-state index contributed by atoms with van der Waals surface area (Å²) in [6.45, 7) is 3.20. The van der Waals surface area contributed by atoms with Crippen LogP contribution in [-0.4, -0.2) is 90.4 Å². The van der Waals surface area contributed by atoms with Gasteiger partial charge in [0, 0.05) is 44.5 Å². The summed E-state index contributed by atoms with van der Waals surface area (Å²) in [4.78, 5) is 51.2. The number of para-hydroxylation sites is 1. The Hall–Kier alpha value is -3.64. The molecule has 0 aliphatic carbocycles. The molecule has 0 unspecified atom stereocenters. The predicted octanol–water partition coefficient (Wildman–Crippen LogP) is 2.09. The van der Waals surface area contributed by atoms with E-state index in [0.29, 0.717) is 56.9 Å². The van der Waals surface area contributed by atoms with Gasteiger partial charge in [-0.15, -0.1) is 0 Å². The van der Waals surface area contributed by atoms with E-state index in [1.54, 1.807) is 17.0 Å². The maximum absolute atomic E-state index is 12.6. The molecule has 4 rings (SSSR count). The van der Waals surface area contributed by atoms with Crippen LogP contribution in [0.5, 0.6) is 5.88 Å². The first-order valence-corrected chi connectivity index (χ1v) is 12.0. The van der Waals surface area contributed by atoms with E-state index in [0.717, 1.165) is 17.4 Å². The van der Waals surface area contributed by atoms with Crippen molar-refractivity contribution in [1.82, 2.24) is 25.1 Å². The van der Waals surface area contributed by atoms with Crippen LogP contribution in [0.3, 0.4) is 0 Å². The first-order valence-electron chi connectivity index (χ1n) is 11.1. The normalized spacial score (nSPS) is 17.2. The molecule has 12 heteroatoms. The Kier molecular flexibility index (Phi) is 7.83. The number of carbonyl (C=O) groups excluding carboxylic acids is 3. The van der Waals surface area contributed by atoms with E-state index in [9.17, 15) is 14.4 Å². The van der Waals surface area contributed by atoms with Crippen LogP contribution >= 0.6 is 11.8 Å². The van der Waals surface area contributed by atoms with Crippen molar-refractivity contribution >= 4 is 46.7 Å². The summed E-state index contributed by atoms with van der Waals surface area (Å²) in [5.41, 5.74) is 1.21. The first-order chi connectivity index (χ1) is 16.9. The van der Waals surface area contributed by atoms with E-state index >= 15 is 0 Å². The summed E-state index contributed by atoms with van der Waals surface area (Å²) < 4.78 is 5.83. The number of anilines is 2. The number of urea groups is 1. The van der Waals surface area contributed by atoms with E-state index in [1.807, 2.05) is 54.2 Å². The van der Waals surface area contributed by atoms with Crippen molar-refractivity contribution in [1.29, 1.82) is 0 Å². The first kappa shape index (κ1) is 24.5. The second kappa shape index (κ2) is 11.2. The number of amides is 4. The third kappa shape index (κ3) is 6.70. The number of likely N-dealkylation sites (N-methyl/N-ethyl adjacent to an activating group) is 1. The average Bonchev–Trinajstić information content (AvgIpc) is 3.15. The Labute approximate surface area is 207 Å². The van der Waals surface area contributed by atoms with Gasteiger partial charge in [0.05, 0.1) is 10.6 Å². The molecule has 2 aliphatic heterocycles. The number of imide groups is 1. The van der Waals surface area contributed by atoms with E-state index < -0.39 is 11.1 Å². The zero-order valence-electron chi connectivity index (χ0n) is 19.6. The molecule has 1 aromatic carbocycles. The molecule has 2 saturated heterocycles. The molecular formula is C23H27N7O4S. The summed E-state index contributed by atoms with van der Waals surface area (Å²) in [6.07, 6.45) is 1.55. The van der Waals surface area contributed by atoms with Crippen molar-refractivity contribution in [2.45, 2.75) is 0 Å². The van der Waals surface area contributed by atoms with Gasteiger partial charge in [-0.05, 0) is 44.1 Å². The van der Waals surface area contributed by atoms with Crippen LogP contribution in [0.4, 0.5) is 21.2 Å². The van der Waals surface area contributed by atoms with Crippen LogP contribution < -0.4 is 20.3 Å². The van der Waals surface area contributed by atoms with Crippen LogP contribution in [0, 0.1) is 0 Å². The van der Waals surface area contributed by atoms with Crippen molar-refractivity contribution < 1.29 is 19.1 Å². The lowest BCUT2D eigenvalue weighted by Gasteiger charge is -2.34. The van der Waals surface area contributed by atoms with Crippen LogP contribution in [0.25, 0.3) is 6.08 Å². The van der Waals surface area contributed by atoms with E-state index in [-0.39, 0.29) is 10.9 Å². The third-order valence-corrected chi connectivity index (χ3v) is 6.11. The van der Waals surface area contributed by atoms with Gasteiger partial charge in [0.25, 0.3) is 11.1 Å².